The fourth-order valence-electron chi connectivity index (χ4n) is 3.51. The number of piperazine rings is 1. The van der Waals surface area contributed by atoms with Crippen molar-refractivity contribution >= 4 is 26.6 Å². The molecule has 3 aromatic rings. The van der Waals surface area contributed by atoms with Crippen molar-refractivity contribution in [1.29, 1.82) is 0 Å². The molecule has 1 aromatic heterocycles. The zero-order valence-electron chi connectivity index (χ0n) is 15.0. The average molecular weight is 379 g/mol. The smallest absolute Gasteiger partial charge is 0.235 e. The van der Waals surface area contributed by atoms with Gasteiger partial charge in [-0.15, -0.1) is 0 Å². The van der Waals surface area contributed by atoms with E-state index >= 15 is 0 Å². The molecule has 0 radical (unpaired) electrons. The molecule has 0 unspecified atom stereocenters. The summed E-state index contributed by atoms with van der Waals surface area (Å²) in [4.78, 5) is 6.72. The van der Waals surface area contributed by atoms with Crippen LogP contribution in [0.15, 0.2) is 72.8 Å². The molecule has 0 atom stereocenters. The molecule has 2 aromatic carbocycles. The van der Waals surface area contributed by atoms with Crippen LogP contribution in [0.2, 0.25) is 0 Å². The van der Waals surface area contributed by atoms with Crippen LogP contribution in [-0.2, 0) is 10.0 Å². The Morgan fingerprint density at radius 3 is 2.37 bits per heavy atom. The molecule has 0 bridgehead atoms. The molecular weight excluding hydrogens is 358 g/mol. The van der Waals surface area contributed by atoms with E-state index in [4.69, 9.17) is 0 Å². The normalized spacial score (nSPS) is 15.8. The number of hydrogen-bond acceptors (Lipinski definition) is 4. The van der Waals surface area contributed by atoms with E-state index in [-0.39, 0.29) is 0 Å². The number of benzene rings is 2. The second-order valence-electron chi connectivity index (χ2n) is 6.53. The first kappa shape index (κ1) is 17.7. The predicted molar refractivity (Wildman–Crippen MR) is 110 cm³/mol. The standard InChI is InChI=1S/C21H21N3O2S/c1-2-27(25,26)24-14-12-23(13-15-24)21-10-11-22-20-9-8-18(16-19(20)21)17-6-4-3-5-7-17/h2-11,16H,1,12-15H2. The predicted octanol–water partition coefficient (Wildman–Crippen LogP) is 3.50. The van der Waals surface area contributed by atoms with E-state index in [1.165, 1.54) is 4.31 Å². The fourth-order valence-corrected chi connectivity index (χ4v) is 4.39. The van der Waals surface area contributed by atoms with Crippen molar-refractivity contribution in [2.24, 2.45) is 0 Å². The number of sulfonamides is 1. The van der Waals surface area contributed by atoms with Crippen molar-refractivity contribution in [3.05, 3.63) is 72.8 Å². The molecule has 0 amide bonds. The highest BCUT2D eigenvalue weighted by Crippen LogP contribution is 2.30. The zero-order chi connectivity index (χ0) is 18.9. The summed E-state index contributed by atoms with van der Waals surface area (Å²) in [6.07, 6.45) is 1.81. The maximum Gasteiger partial charge on any atom is 0.235 e. The Kier molecular flexibility index (Phi) is 4.68. The lowest BCUT2D eigenvalue weighted by Gasteiger charge is -2.35. The lowest BCUT2D eigenvalue weighted by Crippen LogP contribution is -2.48. The number of rotatable bonds is 4. The third kappa shape index (κ3) is 3.46. The zero-order valence-corrected chi connectivity index (χ0v) is 15.8. The molecule has 0 aliphatic carbocycles. The first-order chi connectivity index (χ1) is 13.1. The molecule has 1 saturated heterocycles. The van der Waals surface area contributed by atoms with Crippen LogP contribution in [-0.4, -0.2) is 43.9 Å². The molecule has 4 rings (SSSR count). The SMILES string of the molecule is C=CS(=O)(=O)N1CCN(c2ccnc3ccc(-c4ccccc4)cc23)CC1. The van der Waals surface area contributed by atoms with E-state index < -0.39 is 10.0 Å². The number of pyridine rings is 1. The van der Waals surface area contributed by atoms with Gasteiger partial charge in [-0.2, -0.15) is 4.31 Å². The van der Waals surface area contributed by atoms with Crippen molar-refractivity contribution in [2.75, 3.05) is 31.1 Å². The molecule has 2 heterocycles. The molecule has 0 spiro atoms. The second kappa shape index (κ2) is 7.13. The van der Waals surface area contributed by atoms with Crippen molar-refractivity contribution in [2.45, 2.75) is 0 Å². The van der Waals surface area contributed by atoms with Crippen molar-refractivity contribution in [3.8, 4) is 11.1 Å². The van der Waals surface area contributed by atoms with Crippen LogP contribution in [0.1, 0.15) is 0 Å². The van der Waals surface area contributed by atoms with Gasteiger partial charge in [-0.25, -0.2) is 8.42 Å². The van der Waals surface area contributed by atoms with Gasteiger partial charge in [-0.1, -0.05) is 43.0 Å². The number of nitrogens with zero attached hydrogens (tertiary/aromatic N) is 3. The lowest BCUT2D eigenvalue weighted by atomic mass is 10.0. The van der Waals surface area contributed by atoms with Gasteiger partial charge in [-0.05, 0) is 29.3 Å². The summed E-state index contributed by atoms with van der Waals surface area (Å²) in [7, 11) is -3.35. The largest absolute Gasteiger partial charge is 0.368 e. The number of aromatic nitrogens is 1. The van der Waals surface area contributed by atoms with Gasteiger partial charge in [0.1, 0.15) is 0 Å². The van der Waals surface area contributed by atoms with Crippen LogP contribution in [0.5, 0.6) is 0 Å². The maximum atomic E-state index is 12.0. The number of fused-ring (bicyclic) bond motifs is 1. The van der Waals surface area contributed by atoms with Gasteiger partial charge >= 0.3 is 0 Å². The van der Waals surface area contributed by atoms with Crippen LogP contribution < -0.4 is 4.90 Å². The Hall–Kier alpha value is -2.70. The van der Waals surface area contributed by atoms with E-state index in [2.05, 4.69) is 40.7 Å². The maximum absolute atomic E-state index is 12.0. The van der Waals surface area contributed by atoms with Gasteiger partial charge in [0.2, 0.25) is 10.0 Å². The molecule has 1 fully saturated rings. The summed E-state index contributed by atoms with van der Waals surface area (Å²) in [6.45, 7) is 5.60. The Morgan fingerprint density at radius 2 is 1.67 bits per heavy atom. The quantitative estimate of drug-likeness (QED) is 0.696. The van der Waals surface area contributed by atoms with Crippen molar-refractivity contribution < 1.29 is 8.42 Å². The van der Waals surface area contributed by atoms with Gasteiger partial charge < -0.3 is 4.90 Å². The van der Waals surface area contributed by atoms with Crippen molar-refractivity contribution in [1.82, 2.24) is 9.29 Å². The minimum absolute atomic E-state index is 0.455. The minimum Gasteiger partial charge on any atom is -0.368 e. The average Bonchev–Trinajstić information content (AvgIpc) is 2.73. The Bertz CT molecular complexity index is 1070. The fraction of sp³-hybridized carbons (Fsp3) is 0.190. The molecule has 27 heavy (non-hydrogen) atoms. The van der Waals surface area contributed by atoms with Crippen LogP contribution in [0.3, 0.4) is 0 Å². The second-order valence-corrected chi connectivity index (χ2v) is 8.41. The molecule has 138 valence electrons. The highest BCUT2D eigenvalue weighted by atomic mass is 32.2. The summed E-state index contributed by atoms with van der Waals surface area (Å²) < 4.78 is 25.5. The van der Waals surface area contributed by atoms with E-state index in [0.29, 0.717) is 26.2 Å². The minimum atomic E-state index is -3.35. The summed E-state index contributed by atoms with van der Waals surface area (Å²) in [5.74, 6) is 0. The van der Waals surface area contributed by atoms with Gasteiger partial charge in [0, 0.05) is 48.9 Å². The summed E-state index contributed by atoms with van der Waals surface area (Å²) in [5, 5.41) is 2.11. The first-order valence-electron chi connectivity index (χ1n) is 8.90. The molecular formula is C21H21N3O2S. The monoisotopic (exact) mass is 379 g/mol. The van der Waals surface area contributed by atoms with Gasteiger partial charge in [-0.3, -0.25) is 4.98 Å². The highest BCUT2D eigenvalue weighted by Gasteiger charge is 2.25. The van der Waals surface area contributed by atoms with Crippen LogP contribution >= 0.6 is 0 Å². The third-order valence-electron chi connectivity index (χ3n) is 4.98. The van der Waals surface area contributed by atoms with E-state index in [1.807, 2.05) is 36.5 Å². The Morgan fingerprint density at radius 1 is 0.926 bits per heavy atom. The van der Waals surface area contributed by atoms with Gasteiger partial charge in [0.25, 0.3) is 0 Å². The van der Waals surface area contributed by atoms with Gasteiger partial charge in [0.15, 0.2) is 0 Å². The number of anilines is 1. The van der Waals surface area contributed by atoms with Gasteiger partial charge in [0.05, 0.1) is 5.52 Å². The molecule has 6 heteroatoms. The molecule has 1 aliphatic rings. The summed E-state index contributed by atoms with van der Waals surface area (Å²) >= 11 is 0. The van der Waals surface area contributed by atoms with Crippen molar-refractivity contribution in [3.63, 3.8) is 0 Å². The first-order valence-corrected chi connectivity index (χ1v) is 10.4. The van der Waals surface area contributed by atoms with Crippen LogP contribution in [0.4, 0.5) is 5.69 Å². The molecule has 5 nitrogen and oxygen atoms in total. The molecule has 1 aliphatic heterocycles. The topological polar surface area (TPSA) is 53.5 Å². The third-order valence-corrected chi connectivity index (χ3v) is 6.48. The summed E-state index contributed by atoms with van der Waals surface area (Å²) in [5.41, 5.74) is 4.34. The molecule has 0 N–H and O–H groups in total. The van der Waals surface area contributed by atoms with E-state index in [1.54, 1.807) is 0 Å². The van der Waals surface area contributed by atoms with Crippen LogP contribution in [0, 0.1) is 0 Å². The van der Waals surface area contributed by atoms with Crippen LogP contribution in [0.25, 0.3) is 22.0 Å². The van der Waals surface area contributed by atoms with E-state index in [9.17, 15) is 8.42 Å². The molecule has 0 saturated carbocycles. The Labute approximate surface area is 159 Å². The summed E-state index contributed by atoms with van der Waals surface area (Å²) in [6, 6.07) is 18.6. The Balaban J connectivity index is 1.67. The lowest BCUT2D eigenvalue weighted by molar-refractivity contribution is 0.390. The highest BCUT2D eigenvalue weighted by molar-refractivity contribution is 7.92. The van der Waals surface area contributed by atoms with E-state index in [0.717, 1.165) is 33.1 Å². The number of hydrogen-bond donors (Lipinski definition) is 0.